The Bertz CT molecular complexity index is 944. The standard InChI is InChI=1S/C28H34O2/c1-4-22(18-5-9-21(30-3)10-6-18)19-7-11-23-20(17-19)8-12-25-24(23)15-16-28(2)26(25)13-14-27(28)29/h5-7,9-11,17,22,24-26H,4,8,12-16H2,1-3H3/t22-,24+,25+,26-,28-/m0/s1. The summed E-state index contributed by atoms with van der Waals surface area (Å²) in [4.78, 5) is 12.6. The molecule has 2 nitrogen and oxygen atoms in total. The molecule has 0 amide bonds. The van der Waals surface area contributed by atoms with E-state index in [1.807, 2.05) is 0 Å². The second-order valence-electron chi connectivity index (χ2n) is 10.0. The summed E-state index contributed by atoms with van der Waals surface area (Å²) in [5.74, 6) is 3.86. The Morgan fingerprint density at radius 1 is 1.03 bits per heavy atom. The summed E-state index contributed by atoms with van der Waals surface area (Å²) in [5.41, 5.74) is 5.93. The Kier molecular flexibility index (Phi) is 5.00. The molecule has 0 aliphatic heterocycles. The molecule has 0 radical (unpaired) electrons. The third-order valence-corrected chi connectivity index (χ3v) is 8.79. The van der Waals surface area contributed by atoms with Gasteiger partial charge in [-0.15, -0.1) is 0 Å². The van der Waals surface area contributed by atoms with Crippen LogP contribution in [0.1, 0.15) is 86.5 Å². The molecule has 5 atom stereocenters. The minimum absolute atomic E-state index is 0.0275. The number of Topliss-reactive ketones (excluding diaryl/α,β-unsaturated/α-hetero) is 1. The zero-order valence-electron chi connectivity index (χ0n) is 18.6. The van der Waals surface area contributed by atoms with Gasteiger partial charge in [0.05, 0.1) is 7.11 Å². The number of ether oxygens (including phenoxy) is 1. The Morgan fingerprint density at radius 3 is 2.53 bits per heavy atom. The molecule has 30 heavy (non-hydrogen) atoms. The molecular formula is C28H34O2. The summed E-state index contributed by atoms with van der Waals surface area (Å²) in [5, 5.41) is 0. The molecule has 0 N–H and O–H groups in total. The minimum Gasteiger partial charge on any atom is -0.497 e. The smallest absolute Gasteiger partial charge is 0.139 e. The lowest BCUT2D eigenvalue weighted by Crippen LogP contribution is -2.42. The first-order chi connectivity index (χ1) is 14.5. The van der Waals surface area contributed by atoms with Crippen molar-refractivity contribution in [3.63, 3.8) is 0 Å². The number of hydrogen-bond acceptors (Lipinski definition) is 2. The molecule has 0 aromatic heterocycles. The van der Waals surface area contributed by atoms with E-state index in [1.165, 1.54) is 30.4 Å². The lowest BCUT2D eigenvalue weighted by molar-refractivity contribution is -0.129. The molecule has 2 saturated carbocycles. The van der Waals surface area contributed by atoms with Crippen LogP contribution in [0.3, 0.4) is 0 Å². The summed E-state index contributed by atoms with van der Waals surface area (Å²) >= 11 is 0. The lowest BCUT2D eigenvalue weighted by Gasteiger charge is -2.48. The van der Waals surface area contributed by atoms with Gasteiger partial charge in [-0.1, -0.05) is 44.2 Å². The number of benzene rings is 2. The second-order valence-corrected chi connectivity index (χ2v) is 10.0. The molecule has 3 aliphatic rings. The molecule has 0 saturated heterocycles. The molecule has 5 rings (SSSR count). The number of hydrogen-bond donors (Lipinski definition) is 0. The number of methoxy groups -OCH3 is 1. The maximum atomic E-state index is 12.6. The quantitative estimate of drug-likeness (QED) is 0.571. The predicted octanol–water partition coefficient (Wildman–Crippen LogP) is 6.66. The van der Waals surface area contributed by atoms with Crippen molar-refractivity contribution in [2.24, 2.45) is 17.3 Å². The monoisotopic (exact) mass is 402 g/mol. The van der Waals surface area contributed by atoms with Crippen molar-refractivity contribution in [2.45, 2.75) is 70.6 Å². The van der Waals surface area contributed by atoms with Gasteiger partial charge in [-0.05, 0) is 90.7 Å². The fourth-order valence-corrected chi connectivity index (χ4v) is 7.09. The van der Waals surface area contributed by atoms with Crippen LogP contribution in [0, 0.1) is 17.3 Å². The van der Waals surface area contributed by atoms with E-state index in [0.717, 1.165) is 31.4 Å². The molecule has 158 valence electrons. The molecule has 0 heterocycles. The van der Waals surface area contributed by atoms with Gasteiger partial charge in [0.2, 0.25) is 0 Å². The van der Waals surface area contributed by atoms with E-state index in [0.29, 0.717) is 29.5 Å². The fraction of sp³-hybridized carbons (Fsp3) is 0.536. The summed E-state index contributed by atoms with van der Waals surface area (Å²) in [6.07, 6.45) is 7.74. The molecule has 2 aromatic rings. The van der Waals surface area contributed by atoms with Gasteiger partial charge in [-0.3, -0.25) is 4.79 Å². The fourth-order valence-electron chi connectivity index (χ4n) is 7.09. The van der Waals surface area contributed by atoms with Gasteiger partial charge in [0.25, 0.3) is 0 Å². The lowest BCUT2D eigenvalue weighted by atomic mass is 9.55. The molecule has 0 unspecified atom stereocenters. The molecular weight excluding hydrogens is 368 g/mol. The normalized spacial score (nSPS) is 30.9. The zero-order chi connectivity index (χ0) is 20.9. The van der Waals surface area contributed by atoms with Crippen molar-refractivity contribution in [1.29, 1.82) is 0 Å². The molecule has 2 fully saturated rings. The van der Waals surface area contributed by atoms with Crippen molar-refractivity contribution < 1.29 is 9.53 Å². The molecule has 0 spiro atoms. The van der Waals surface area contributed by atoms with Crippen LogP contribution >= 0.6 is 0 Å². The number of ketones is 1. The third kappa shape index (κ3) is 3.02. The van der Waals surface area contributed by atoms with E-state index >= 15 is 0 Å². The van der Waals surface area contributed by atoms with Gasteiger partial charge >= 0.3 is 0 Å². The number of carbonyl (C=O) groups excluding carboxylic acids is 1. The van der Waals surface area contributed by atoms with Crippen molar-refractivity contribution in [2.75, 3.05) is 7.11 Å². The van der Waals surface area contributed by atoms with Crippen LogP contribution in [0.15, 0.2) is 42.5 Å². The van der Waals surface area contributed by atoms with Gasteiger partial charge in [0.15, 0.2) is 0 Å². The average molecular weight is 403 g/mol. The first kappa shape index (κ1) is 19.8. The molecule has 0 bridgehead atoms. The molecule has 2 aromatic carbocycles. The highest BCUT2D eigenvalue weighted by molar-refractivity contribution is 5.87. The van der Waals surface area contributed by atoms with Gasteiger partial charge in [-0.2, -0.15) is 0 Å². The Balaban J connectivity index is 1.43. The molecule has 2 heteroatoms. The van der Waals surface area contributed by atoms with Crippen molar-refractivity contribution in [3.05, 3.63) is 64.7 Å². The van der Waals surface area contributed by atoms with Gasteiger partial charge in [0, 0.05) is 17.8 Å². The Morgan fingerprint density at radius 2 is 1.80 bits per heavy atom. The van der Waals surface area contributed by atoms with Crippen LogP contribution < -0.4 is 4.74 Å². The largest absolute Gasteiger partial charge is 0.497 e. The highest BCUT2D eigenvalue weighted by atomic mass is 16.5. The number of carbonyl (C=O) groups is 1. The SMILES string of the molecule is CC[C@@H](c1ccc(OC)cc1)c1ccc2c(c1)CC[C@@H]1[C@@H]2CC[C@]2(C)C(=O)CC[C@@H]12. The van der Waals surface area contributed by atoms with E-state index in [4.69, 9.17) is 4.74 Å². The van der Waals surface area contributed by atoms with E-state index < -0.39 is 0 Å². The van der Waals surface area contributed by atoms with Gasteiger partial charge < -0.3 is 4.74 Å². The number of fused-ring (bicyclic) bond motifs is 5. The van der Waals surface area contributed by atoms with E-state index in [9.17, 15) is 4.79 Å². The Hall–Kier alpha value is -2.09. The summed E-state index contributed by atoms with van der Waals surface area (Å²) < 4.78 is 5.34. The highest BCUT2D eigenvalue weighted by Crippen LogP contribution is 2.59. The van der Waals surface area contributed by atoms with Crippen molar-refractivity contribution >= 4 is 5.78 Å². The Labute approximate surface area is 181 Å². The first-order valence-electron chi connectivity index (χ1n) is 11.8. The summed E-state index contributed by atoms with van der Waals surface area (Å²) in [6, 6.07) is 15.9. The van der Waals surface area contributed by atoms with Crippen LogP contribution in [-0.4, -0.2) is 12.9 Å². The highest BCUT2D eigenvalue weighted by Gasteiger charge is 2.54. The van der Waals surface area contributed by atoms with Crippen LogP contribution in [-0.2, 0) is 11.2 Å². The van der Waals surface area contributed by atoms with Crippen LogP contribution in [0.2, 0.25) is 0 Å². The van der Waals surface area contributed by atoms with Gasteiger partial charge in [-0.25, -0.2) is 0 Å². The zero-order valence-corrected chi connectivity index (χ0v) is 18.6. The van der Waals surface area contributed by atoms with Gasteiger partial charge in [0.1, 0.15) is 11.5 Å². The van der Waals surface area contributed by atoms with Crippen molar-refractivity contribution in [3.8, 4) is 5.75 Å². The summed E-state index contributed by atoms with van der Waals surface area (Å²) in [6.45, 7) is 4.55. The van der Waals surface area contributed by atoms with E-state index in [-0.39, 0.29) is 5.41 Å². The molecule has 3 aliphatic carbocycles. The van der Waals surface area contributed by atoms with Crippen molar-refractivity contribution in [1.82, 2.24) is 0 Å². The number of rotatable bonds is 4. The maximum absolute atomic E-state index is 12.6. The first-order valence-corrected chi connectivity index (χ1v) is 11.8. The minimum atomic E-state index is -0.0275. The topological polar surface area (TPSA) is 26.3 Å². The van der Waals surface area contributed by atoms with Crippen LogP contribution in [0.4, 0.5) is 0 Å². The third-order valence-electron chi connectivity index (χ3n) is 8.79. The van der Waals surface area contributed by atoms with E-state index in [1.54, 1.807) is 18.2 Å². The maximum Gasteiger partial charge on any atom is 0.139 e. The second kappa shape index (κ2) is 7.55. The van der Waals surface area contributed by atoms with E-state index in [2.05, 4.69) is 56.3 Å². The summed E-state index contributed by atoms with van der Waals surface area (Å²) in [7, 11) is 1.72. The van der Waals surface area contributed by atoms with Crippen LogP contribution in [0.25, 0.3) is 0 Å². The predicted molar refractivity (Wildman–Crippen MR) is 121 cm³/mol. The van der Waals surface area contributed by atoms with Crippen LogP contribution in [0.5, 0.6) is 5.75 Å². The number of aryl methyl sites for hydroxylation is 1. The average Bonchev–Trinajstić information content (AvgIpc) is 3.09.